The highest BCUT2D eigenvalue weighted by atomic mass is 35.5. The lowest BCUT2D eigenvalue weighted by atomic mass is 9.91. The summed E-state index contributed by atoms with van der Waals surface area (Å²) in [6.07, 6.45) is 5.75. The van der Waals surface area contributed by atoms with Crippen molar-refractivity contribution in [3.8, 4) is 0 Å². The number of H-pyrrole nitrogens is 1. The van der Waals surface area contributed by atoms with Crippen molar-refractivity contribution in [2.75, 3.05) is 13.1 Å². The van der Waals surface area contributed by atoms with Gasteiger partial charge in [-0.15, -0.1) is 0 Å². The first-order chi connectivity index (χ1) is 9.83. The van der Waals surface area contributed by atoms with Crippen LogP contribution in [0.4, 0.5) is 0 Å². The summed E-state index contributed by atoms with van der Waals surface area (Å²) in [5.74, 6) is 0.584. The number of pyridine rings is 1. The van der Waals surface area contributed by atoms with E-state index in [-0.39, 0.29) is 0 Å². The van der Waals surface area contributed by atoms with Crippen molar-refractivity contribution in [3.63, 3.8) is 0 Å². The summed E-state index contributed by atoms with van der Waals surface area (Å²) in [7, 11) is 0. The van der Waals surface area contributed by atoms with Crippen LogP contribution in [0, 0.1) is 0 Å². The highest BCUT2D eigenvalue weighted by Crippen LogP contribution is 2.31. The van der Waals surface area contributed by atoms with Gasteiger partial charge in [0.1, 0.15) is 22.6 Å². The predicted octanol–water partition coefficient (Wildman–Crippen LogP) is 2.63. The summed E-state index contributed by atoms with van der Waals surface area (Å²) in [5.41, 5.74) is 3.87. The molecule has 4 heterocycles. The topological polar surface area (TPSA) is 66.5 Å². The van der Waals surface area contributed by atoms with E-state index >= 15 is 0 Å². The normalized spacial score (nSPS) is 17.1. The third kappa shape index (κ3) is 1.85. The number of nitrogens with one attached hydrogen (secondary N) is 2. The van der Waals surface area contributed by atoms with Gasteiger partial charge < -0.3 is 10.3 Å². The molecule has 0 aliphatic carbocycles. The Bertz CT molecular complexity index is 776. The Kier molecular flexibility index (Phi) is 2.82. The minimum Gasteiger partial charge on any atom is -0.338 e. The van der Waals surface area contributed by atoms with Crippen LogP contribution >= 0.6 is 11.6 Å². The number of hydrogen-bond acceptors (Lipinski definition) is 4. The van der Waals surface area contributed by atoms with Crippen LogP contribution in [-0.2, 0) is 0 Å². The number of hydrogen-bond donors (Lipinski definition) is 2. The van der Waals surface area contributed by atoms with Crippen molar-refractivity contribution in [3.05, 3.63) is 29.3 Å². The molecule has 0 atom stereocenters. The lowest BCUT2D eigenvalue weighted by molar-refractivity contribution is 0.460. The van der Waals surface area contributed by atoms with Crippen molar-refractivity contribution in [1.29, 1.82) is 0 Å². The molecule has 3 aromatic heterocycles. The zero-order valence-electron chi connectivity index (χ0n) is 10.9. The summed E-state index contributed by atoms with van der Waals surface area (Å²) in [5, 5.41) is 4.64. The molecule has 102 valence electrons. The molecule has 0 saturated carbocycles. The SMILES string of the molecule is Clc1ncnc2[nH]c3cc(C4CCNCC4)cnc3c12. The van der Waals surface area contributed by atoms with Gasteiger partial charge in [0, 0.05) is 6.20 Å². The van der Waals surface area contributed by atoms with E-state index in [0.717, 1.165) is 48.0 Å². The maximum absolute atomic E-state index is 6.15. The molecule has 1 aliphatic heterocycles. The van der Waals surface area contributed by atoms with E-state index in [1.54, 1.807) is 0 Å². The molecule has 3 aromatic rings. The zero-order chi connectivity index (χ0) is 13.5. The Balaban J connectivity index is 1.87. The second-order valence-electron chi connectivity index (χ2n) is 5.20. The molecule has 5 nitrogen and oxygen atoms in total. The van der Waals surface area contributed by atoms with Gasteiger partial charge in [0.05, 0.1) is 10.9 Å². The maximum Gasteiger partial charge on any atom is 0.144 e. The molecule has 1 fully saturated rings. The molecule has 0 unspecified atom stereocenters. The Hall–Kier alpha value is -1.72. The molecule has 2 N–H and O–H groups in total. The van der Waals surface area contributed by atoms with Crippen LogP contribution in [0.2, 0.25) is 5.15 Å². The third-order valence-electron chi connectivity index (χ3n) is 4.01. The fourth-order valence-corrected chi connectivity index (χ4v) is 3.17. The minimum atomic E-state index is 0.448. The highest BCUT2D eigenvalue weighted by Gasteiger charge is 2.17. The van der Waals surface area contributed by atoms with Gasteiger partial charge in [-0.1, -0.05) is 11.6 Å². The molecule has 6 heteroatoms. The number of halogens is 1. The van der Waals surface area contributed by atoms with Crippen LogP contribution in [-0.4, -0.2) is 33.0 Å². The van der Waals surface area contributed by atoms with E-state index < -0.39 is 0 Å². The first kappa shape index (κ1) is 12.1. The van der Waals surface area contributed by atoms with Gasteiger partial charge in [-0.25, -0.2) is 9.97 Å². The fraction of sp³-hybridized carbons (Fsp3) is 0.357. The first-order valence-corrected chi connectivity index (χ1v) is 7.19. The van der Waals surface area contributed by atoms with Crippen molar-refractivity contribution in [2.45, 2.75) is 18.8 Å². The molecule has 4 rings (SSSR count). The molecular weight excluding hydrogens is 274 g/mol. The van der Waals surface area contributed by atoms with Crippen LogP contribution in [0.25, 0.3) is 22.1 Å². The van der Waals surface area contributed by atoms with Gasteiger partial charge in [-0.2, -0.15) is 0 Å². The Morgan fingerprint density at radius 3 is 2.85 bits per heavy atom. The largest absolute Gasteiger partial charge is 0.338 e. The second-order valence-corrected chi connectivity index (χ2v) is 5.56. The number of rotatable bonds is 1. The van der Waals surface area contributed by atoms with Gasteiger partial charge in [0.25, 0.3) is 0 Å². The smallest absolute Gasteiger partial charge is 0.144 e. The van der Waals surface area contributed by atoms with Gasteiger partial charge in [0.2, 0.25) is 0 Å². The Morgan fingerprint density at radius 1 is 1.15 bits per heavy atom. The molecule has 0 spiro atoms. The first-order valence-electron chi connectivity index (χ1n) is 6.81. The van der Waals surface area contributed by atoms with Crippen LogP contribution in [0.3, 0.4) is 0 Å². The minimum absolute atomic E-state index is 0.448. The number of aromatic amines is 1. The van der Waals surface area contributed by atoms with Crippen LogP contribution < -0.4 is 5.32 Å². The van der Waals surface area contributed by atoms with E-state index in [2.05, 4.69) is 31.3 Å². The number of piperidine rings is 1. The molecule has 0 aromatic carbocycles. The Morgan fingerprint density at radius 2 is 2.00 bits per heavy atom. The molecule has 0 bridgehead atoms. The van der Waals surface area contributed by atoms with E-state index in [4.69, 9.17) is 11.6 Å². The predicted molar refractivity (Wildman–Crippen MR) is 79.0 cm³/mol. The summed E-state index contributed by atoms with van der Waals surface area (Å²) >= 11 is 6.15. The van der Waals surface area contributed by atoms with E-state index in [1.807, 2.05) is 6.20 Å². The molecule has 0 amide bonds. The molecular formula is C14H14ClN5. The number of aromatic nitrogens is 4. The standard InChI is InChI=1S/C14H14ClN5/c15-13-11-12-10(20-14(11)19-7-18-13)5-9(6-17-12)8-1-3-16-4-2-8/h5-8,16H,1-4H2,(H,18,19,20). The molecule has 1 saturated heterocycles. The van der Waals surface area contributed by atoms with E-state index in [0.29, 0.717) is 11.1 Å². The third-order valence-corrected chi connectivity index (χ3v) is 4.30. The molecule has 1 aliphatic rings. The summed E-state index contributed by atoms with van der Waals surface area (Å²) < 4.78 is 0. The quantitative estimate of drug-likeness (QED) is 0.675. The lowest BCUT2D eigenvalue weighted by Gasteiger charge is -2.22. The van der Waals surface area contributed by atoms with E-state index in [9.17, 15) is 0 Å². The summed E-state index contributed by atoms with van der Waals surface area (Å²) in [6, 6.07) is 2.18. The van der Waals surface area contributed by atoms with Gasteiger partial charge in [-0.05, 0) is 43.5 Å². The van der Waals surface area contributed by atoms with Crippen LogP contribution in [0.1, 0.15) is 24.3 Å². The van der Waals surface area contributed by atoms with Crippen molar-refractivity contribution in [2.24, 2.45) is 0 Å². The van der Waals surface area contributed by atoms with E-state index in [1.165, 1.54) is 11.9 Å². The van der Waals surface area contributed by atoms with Crippen LogP contribution in [0.5, 0.6) is 0 Å². The van der Waals surface area contributed by atoms with Gasteiger partial charge in [0.15, 0.2) is 0 Å². The lowest BCUT2D eigenvalue weighted by Crippen LogP contribution is -2.26. The molecule has 0 radical (unpaired) electrons. The fourth-order valence-electron chi connectivity index (χ4n) is 2.95. The zero-order valence-corrected chi connectivity index (χ0v) is 11.6. The average molecular weight is 288 g/mol. The number of nitrogens with zero attached hydrogens (tertiary/aromatic N) is 3. The van der Waals surface area contributed by atoms with Gasteiger partial charge >= 0.3 is 0 Å². The van der Waals surface area contributed by atoms with Crippen molar-refractivity contribution >= 4 is 33.7 Å². The molecule has 20 heavy (non-hydrogen) atoms. The Labute approximate surface area is 120 Å². The highest BCUT2D eigenvalue weighted by molar-refractivity contribution is 6.36. The monoisotopic (exact) mass is 287 g/mol. The van der Waals surface area contributed by atoms with Gasteiger partial charge in [-0.3, -0.25) is 4.98 Å². The maximum atomic E-state index is 6.15. The number of fused-ring (bicyclic) bond motifs is 3. The van der Waals surface area contributed by atoms with Crippen molar-refractivity contribution in [1.82, 2.24) is 25.3 Å². The summed E-state index contributed by atoms with van der Waals surface area (Å²) in [4.78, 5) is 16.1. The second kappa shape index (κ2) is 4.68. The van der Waals surface area contributed by atoms with Crippen molar-refractivity contribution < 1.29 is 0 Å². The average Bonchev–Trinajstić information content (AvgIpc) is 2.87. The summed E-state index contributed by atoms with van der Waals surface area (Å²) in [6.45, 7) is 2.15. The van der Waals surface area contributed by atoms with Crippen LogP contribution in [0.15, 0.2) is 18.6 Å².